The number of carboxylic acids is 1. The molecule has 5 nitrogen and oxygen atoms in total. The van der Waals surface area contributed by atoms with Crippen molar-refractivity contribution < 1.29 is 14.7 Å². The second-order valence-electron chi connectivity index (χ2n) is 3.97. The topological polar surface area (TPSA) is 83.0 Å². The molecular formula is C13H8N2O3. The molecule has 3 aromatic rings. The summed E-state index contributed by atoms with van der Waals surface area (Å²) in [5.41, 5.74) is 2.13. The number of benzene rings is 1. The summed E-state index contributed by atoms with van der Waals surface area (Å²) in [6.45, 7) is 0. The molecule has 3 rings (SSSR count). The molecule has 0 aliphatic rings. The fourth-order valence-corrected chi connectivity index (χ4v) is 2.01. The summed E-state index contributed by atoms with van der Waals surface area (Å²) in [4.78, 5) is 28.6. The molecule has 0 fully saturated rings. The van der Waals surface area contributed by atoms with Crippen LogP contribution >= 0.6 is 0 Å². The Balaban J connectivity index is 2.40. The second-order valence-corrected chi connectivity index (χ2v) is 3.97. The standard InChI is InChI=1S/C13H8N2O3/c16-6-7-1-2-10-8(3-7)9-4-11(13(17)18)14-5-12(9)15-10/h1-6,15H,(H,17,18). The number of hydrogen-bond donors (Lipinski definition) is 2. The molecule has 0 amide bonds. The van der Waals surface area contributed by atoms with Gasteiger partial charge in [0.05, 0.1) is 11.7 Å². The minimum Gasteiger partial charge on any atom is -0.477 e. The number of H-pyrrole nitrogens is 1. The van der Waals surface area contributed by atoms with Gasteiger partial charge in [-0.1, -0.05) is 0 Å². The summed E-state index contributed by atoms with van der Waals surface area (Å²) in [5.74, 6) is -1.07. The molecule has 2 aromatic heterocycles. The highest BCUT2D eigenvalue weighted by molar-refractivity contribution is 6.09. The zero-order valence-electron chi connectivity index (χ0n) is 9.18. The fraction of sp³-hybridized carbons (Fsp3) is 0. The highest BCUT2D eigenvalue weighted by Gasteiger charge is 2.10. The quantitative estimate of drug-likeness (QED) is 0.673. The molecule has 1 aromatic carbocycles. The van der Waals surface area contributed by atoms with Crippen LogP contribution in [0.25, 0.3) is 21.8 Å². The summed E-state index contributed by atoms with van der Waals surface area (Å²) >= 11 is 0. The van der Waals surface area contributed by atoms with Crippen LogP contribution in [-0.2, 0) is 0 Å². The smallest absolute Gasteiger partial charge is 0.354 e. The molecular weight excluding hydrogens is 232 g/mol. The molecule has 18 heavy (non-hydrogen) atoms. The first kappa shape index (κ1) is 10.5. The Morgan fingerprint density at radius 1 is 1.22 bits per heavy atom. The average molecular weight is 240 g/mol. The van der Waals surface area contributed by atoms with E-state index in [4.69, 9.17) is 5.11 Å². The monoisotopic (exact) mass is 240 g/mol. The minimum atomic E-state index is -1.07. The Kier molecular flexibility index (Phi) is 2.13. The number of aldehydes is 1. The zero-order valence-corrected chi connectivity index (χ0v) is 9.18. The van der Waals surface area contributed by atoms with Crippen molar-refractivity contribution in [2.75, 3.05) is 0 Å². The molecule has 0 spiro atoms. The van der Waals surface area contributed by atoms with E-state index in [9.17, 15) is 9.59 Å². The number of nitrogens with zero attached hydrogens (tertiary/aromatic N) is 1. The number of aromatic carboxylic acids is 1. The number of rotatable bonds is 2. The highest BCUT2D eigenvalue weighted by atomic mass is 16.4. The predicted octanol–water partition coefficient (Wildman–Crippen LogP) is 2.23. The summed E-state index contributed by atoms with van der Waals surface area (Å²) in [5, 5.41) is 10.5. The Morgan fingerprint density at radius 3 is 2.72 bits per heavy atom. The molecule has 0 atom stereocenters. The maximum Gasteiger partial charge on any atom is 0.354 e. The van der Waals surface area contributed by atoms with E-state index in [1.165, 1.54) is 12.3 Å². The van der Waals surface area contributed by atoms with Crippen LogP contribution in [0.5, 0.6) is 0 Å². The highest BCUT2D eigenvalue weighted by Crippen LogP contribution is 2.26. The van der Waals surface area contributed by atoms with Gasteiger partial charge in [0.2, 0.25) is 0 Å². The van der Waals surface area contributed by atoms with Gasteiger partial charge < -0.3 is 10.1 Å². The summed E-state index contributed by atoms with van der Waals surface area (Å²) in [6, 6.07) is 6.73. The molecule has 88 valence electrons. The van der Waals surface area contributed by atoms with Crippen LogP contribution in [0, 0.1) is 0 Å². The van der Waals surface area contributed by atoms with Gasteiger partial charge in [0.15, 0.2) is 0 Å². The molecule has 2 N–H and O–H groups in total. The van der Waals surface area contributed by atoms with Crippen LogP contribution in [0.2, 0.25) is 0 Å². The Bertz CT molecular complexity index is 789. The molecule has 0 saturated heterocycles. The molecule has 0 unspecified atom stereocenters. The molecule has 5 heteroatoms. The van der Waals surface area contributed by atoms with Gasteiger partial charge in [0, 0.05) is 21.9 Å². The van der Waals surface area contributed by atoms with Crippen molar-refractivity contribution in [3.05, 3.63) is 41.7 Å². The van der Waals surface area contributed by atoms with Gasteiger partial charge in [-0.15, -0.1) is 0 Å². The van der Waals surface area contributed by atoms with Gasteiger partial charge in [-0.05, 0) is 24.3 Å². The molecule has 0 aliphatic heterocycles. The SMILES string of the molecule is O=Cc1ccc2[nH]c3cnc(C(=O)O)cc3c2c1. The number of aromatic amines is 1. The van der Waals surface area contributed by atoms with Crippen molar-refractivity contribution in [1.29, 1.82) is 0 Å². The van der Waals surface area contributed by atoms with Crippen molar-refractivity contribution in [3.63, 3.8) is 0 Å². The number of aromatic nitrogens is 2. The van der Waals surface area contributed by atoms with E-state index in [0.29, 0.717) is 5.56 Å². The lowest BCUT2D eigenvalue weighted by Gasteiger charge is -1.95. The van der Waals surface area contributed by atoms with Crippen molar-refractivity contribution in [3.8, 4) is 0 Å². The molecule has 0 aliphatic carbocycles. The summed E-state index contributed by atoms with van der Waals surface area (Å²) in [7, 11) is 0. The van der Waals surface area contributed by atoms with Gasteiger partial charge >= 0.3 is 5.97 Å². The average Bonchev–Trinajstić information content (AvgIpc) is 2.75. The lowest BCUT2D eigenvalue weighted by atomic mass is 10.1. The number of nitrogens with one attached hydrogen (secondary N) is 1. The van der Waals surface area contributed by atoms with Crippen molar-refractivity contribution in [2.45, 2.75) is 0 Å². The van der Waals surface area contributed by atoms with Crippen molar-refractivity contribution in [2.24, 2.45) is 0 Å². The maximum absolute atomic E-state index is 10.9. The maximum atomic E-state index is 10.9. The molecule has 2 heterocycles. The number of carbonyl (C=O) groups excluding carboxylic acids is 1. The van der Waals surface area contributed by atoms with Gasteiger partial charge in [-0.25, -0.2) is 9.78 Å². The van der Waals surface area contributed by atoms with Crippen LogP contribution in [0.1, 0.15) is 20.8 Å². The Morgan fingerprint density at radius 2 is 2.00 bits per heavy atom. The van der Waals surface area contributed by atoms with E-state index >= 15 is 0 Å². The lowest BCUT2D eigenvalue weighted by molar-refractivity contribution is 0.0690. The number of hydrogen-bond acceptors (Lipinski definition) is 3. The zero-order chi connectivity index (χ0) is 12.7. The van der Waals surface area contributed by atoms with E-state index in [1.54, 1.807) is 18.2 Å². The first-order valence-electron chi connectivity index (χ1n) is 5.29. The predicted molar refractivity (Wildman–Crippen MR) is 65.9 cm³/mol. The third-order valence-corrected chi connectivity index (χ3v) is 2.86. The first-order chi connectivity index (χ1) is 8.69. The third-order valence-electron chi connectivity index (χ3n) is 2.86. The first-order valence-corrected chi connectivity index (χ1v) is 5.29. The summed E-state index contributed by atoms with van der Waals surface area (Å²) < 4.78 is 0. The number of pyridine rings is 1. The normalized spacial score (nSPS) is 10.9. The van der Waals surface area contributed by atoms with E-state index in [2.05, 4.69) is 9.97 Å². The number of carboxylic acid groups (broad SMARTS) is 1. The van der Waals surface area contributed by atoms with Crippen LogP contribution in [0.15, 0.2) is 30.5 Å². The second kappa shape index (κ2) is 3.66. The minimum absolute atomic E-state index is 0.0140. The molecule has 0 bridgehead atoms. The van der Waals surface area contributed by atoms with Crippen molar-refractivity contribution in [1.82, 2.24) is 9.97 Å². The van der Waals surface area contributed by atoms with Crippen LogP contribution in [0.4, 0.5) is 0 Å². The van der Waals surface area contributed by atoms with E-state index in [0.717, 1.165) is 28.1 Å². The van der Waals surface area contributed by atoms with Crippen LogP contribution < -0.4 is 0 Å². The number of carbonyl (C=O) groups is 2. The van der Waals surface area contributed by atoms with E-state index in [1.807, 2.05) is 0 Å². The fourth-order valence-electron chi connectivity index (χ4n) is 2.01. The van der Waals surface area contributed by atoms with Gasteiger partial charge in [0.1, 0.15) is 12.0 Å². The third kappa shape index (κ3) is 1.45. The summed E-state index contributed by atoms with van der Waals surface area (Å²) in [6.07, 6.45) is 2.25. The van der Waals surface area contributed by atoms with Crippen LogP contribution in [0.3, 0.4) is 0 Å². The Labute approximate surface area is 101 Å². The van der Waals surface area contributed by atoms with E-state index < -0.39 is 5.97 Å². The van der Waals surface area contributed by atoms with Gasteiger partial charge in [-0.3, -0.25) is 4.79 Å². The van der Waals surface area contributed by atoms with Crippen LogP contribution in [-0.4, -0.2) is 27.3 Å². The molecule has 0 radical (unpaired) electrons. The van der Waals surface area contributed by atoms with Gasteiger partial charge in [0.25, 0.3) is 0 Å². The number of fused-ring (bicyclic) bond motifs is 3. The largest absolute Gasteiger partial charge is 0.477 e. The molecule has 0 saturated carbocycles. The van der Waals surface area contributed by atoms with E-state index in [-0.39, 0.29) is 5.69 Å². The van der Waals surface area contributed by atoms with Crippen molar-refractivity contribution >= 4 is 34.1 Å². The Hall–Kier alpha value is -2.69. The lowest BCUT2D eigenvalue weighted by Crippen LogP contribution is -1.98. The van der Waals surface area contributed by atoms with Gasteiger partial charge in [-0.2, -0.15) is 0 Å².